The van der Waals surface area contributed by atoms with Crippen molar-refractivity contribution in [3.05, 3.63) is 28.7 Å². The first kappa shape index (κ1) is 16.2. The number of aromatic nitrogens is 1. The third-order valence-corrected chi connectivity index (χ3v) is 2.58. The molecule has 0 radical (unpaired) electrons. The first-order chi connectivity index (χ1) is 9.69. The molecule has 1 aromatic rings. The van der Waals surface area contributed by atoms with E-state index in [1.54, 1.807) is 25.4 Å². The molecule has 0 unspecified atom stereocenters. The van der Waals surface area contributed by atoms with Crippen molar-refractivity contribution in [2.75, 3.05) is 33.4 Å². The van der Waals surface area contributed by atoms with E-state index in [4.69, 9.17) is 15.2 Å². The van der Waals surface area contributed by atoms with Crippen molar-refractivity contribution in [3.63, 3.8) is 0 Å². The number of methoxy groups -OCH3 is 1. The Morgan fingerprint density at radius 2 is 2.30 bits per heavy atom. The van der Waals surface area contributed by atoms with Gasteiger partial charge in [-0.15, -0.1) is 0 Å². The lowest BCUT2D eigenvalue weighted by Gasteiger charge is -2.09. The number of aryl methyl sites for hydroxylation is 1. The van der Waals surface area contributed by atoms with Gasteiger partial charge >= 0.3 is 0 Å². The van der Waals surface area contributed by atoms with Crippen molar-refractivity contribution in [1.82, 2.24) is 9.88 Å². The summed E-state index contributed by atoms with van der Waals surface area (Å²) in [4.78, 5) is 23.4. The molecule has 1 amide bonds. The summed E-state index contributed by atoms with van der Waals surface area (Å²) in [7, 11) is 1.55. The van der Waals surface area contributed by atoms with Crippen LogP contribution in [-0.4, -0.2) is 43.9 Å². The average Bonchev–Trinajstić information content (AvgIpc) is 2.45. The van der Waals surface area contributed by atoms with Crippen LogP contribution >= 0.6 is 0 Å². The molecule has 0 saturated heterocycles. The number of pyridine rings is 1. The Hall–Kier alpha value is -1.86. The summed E-state index contributed by atoms with van der Waals surface area (Å²) in [6, 6.07) is 3.25. The molecule has 1 heterocycles. The number of nitrogens with two attached hydrogens (primary N) is 1. The predicted molar refractivity (Wildman–Crippen MR) is 74.8 cm³/mol. The molecular weight excluding hydrogens is 262 g/mol. The van der Waals surface area contributed by atoms with Crippen molar-refractivity contribution in [1.29, 1.82) is 0 Å². The lowest BCUT2D eigenvalue weighted by molar-refractivity contribution is -0.123. The highest BCUT2D eigenvalue weighted by molar-refractivity contribution is 5.77. The fraction of sp³-hybridized carbons (Fsp3) is 0.538. The second-order valence-electron chi connectivity index (χ2n) is 4.14. The SMILES string of the molecule is COCCNC(=O)COc1cccn(CCCN)c1=O. The molecular formula is C13H21N3O4. The number of hydrogen-bond donors (Lipinski definition) is 2. The molecule has 0 spiro atoms. The van der Waals surface area contributed by atoms with Gasteiger partial charge in [0, 0.05) is 26.4 Å². The molecule has 0 aliphatic carbocycles. The van der Waals surface area contributed by atoms with Gasteiger partial charge in [0.2, 0.25) is 0 Å². The highest BCUT2D eigenvalue weighted by Crippen LogP contribution is 2.02. The highest BCUT2D eigenvalue weighted by Gasteiger charge is 2.07. The fourth-order valence-corrected chi connectivity index (χ4v) is 1.55. The number of carbonyl (C=O) groups is 1. The zero-order chi connectivity index (χ0) is 14.8. The first-order valence-corrected chi connectivity index (χ1v) is 6.47. The summed E-state index contributed by atoms with van der Waals surface area (Å²) in [5.74, 6) is -0.134. The number of ether oxygens (including phenoxy) is 2. The second-order valence-corrected chi connectivity index (χ2v) is 4.14. The zero-order valence-corrected chi connectivity index (χ0v) is 11.6. The van der Waals surface area contributed by atoms with Crippen molar-refractivity contribution >= 4 is 5.91 Å². The molecule has 0 saturated carbocycles. The number of amides is 1. The van der Waals surface area contributed by atoms with Crippen LogP contribution in [0, 0.1) is 0 Å². The number of carbonyl (C=O) groups excluding carboxylic acids is 1. The lowest BCUT2D eigenvalue weighted by atomic mass is 10.4. The molecule has 0 aliphatic rings. The third kappa shape index (κ3) is 5.41. The minimum Gasteiger partial charge on any atom is -0.478 e. The summed E-state index contributed by atoms with van der Waals surface area (Å²) in [6.07, 6.45) is 2.38. The Morgan fingerprint density at radius 1 is 1.50 bits per heavy atom. The molecule has 0 aromatic carbocycles. The van der Waals surface area contributed by atoms with Crippen LogP contribution in [0.3, 0.4) is 0 Å². The maximum Gasteiger partial charge on any atom is 0.292 e. The molecule has 7 heteroatoms. The number of nitrogens with zero attached hydrogens (tertiary/aromatic N) is 1. The molecule has 3 N–H and O–H groups in total. The van der Waals surface area contributed by atoms with E-state index in [0.717, 1.165) is 0 Å². The Bertz CT molecular complexity index is 473. The maximum absolute atomic E-state index is 12.0. The van der Waals surface area contributed by atoms with Crippen molar-refractivity contribution in [2.24, 2.45) is 5.73 Å². The van der Waals surface area contributed by atoms with Crippen molar-refractivity contribution in [3.8, 4) is 5.75 Å². The van der Waals surface area contributed by atoms with Crippen molar-refractivity contribution < 1.29 is 14.3 Å². The standard InChI is InChI=1S/C13H21N3O4/c1-19-9-6-15-12(17)10-20-11-4-2-7-16(13(11)18)8-3-5-14/h2,4,7H,3,5-6,8-10,14H2,1H3,(H,15,17). The van der Waals surface area contributed by atoms with Crippen LogP contribution in [0.5, 0.6) is 5.75 Å². The van der Waals surface area contributed by atoms with E-state index in [-0.39, 0.29) is 23.8 Å². The third-order valence-electron chi connectivity index (χ3n) is 2.58. The van der Waals surface area contributed by atoms with Gasteiger partial charge in [-0.1, -0.05) is 0 Å². The Morgan fingerprint density at radius 3 is 3.00 bits per heavy atom. The maximum atomic E-state index is 12.0. The van der Waals surface area contributed by atoms with Gasteiger partial charge in [-0.25, -0.2) is 0 Å². The first-order valence-electron chi connectivity index (χ1n) is 6.47. The Kier molecular flexibility index (Phi) is 7.38. The van der Waals surface area contributed by atoms with Gasteiger partial charge in [-0.2, -0.15) is 0 Å². The van der Waals surface area contributed by atoms with Gasteiger partial charge in [0.1, 0.15) is 0 Å². The minimum atomic E-state index is -0.293. The normalized spacial score (nSPS) is 10.3. The number of nitrogens with one attached hydrogen (secondary N) is 1. The molecule has 1 rings (SSSR count). The van der Waals surface area contributed by atoms with E-state index in [1.165, 1.54) is 4.57 Å². The van der Waals surface area contributed by atoms with Crippen LogP contribution in [0.2, 0.25) is 0 Å². The van der Waals surface area contributed by atoms with E-state index in [1.807, 2.05) is 0 Å². The fourth-order valence-electron chi connectivity index (χ4n) is 1.55. The molecule has 7 nitrogen and oxygen atoms in total. The van der Waals surface area contributed by atoms with E-state index in [0.29, 0.717) is 32.7 Å². The van der Waals surface area contributed by atoms with E-state index in [2.05, 4.69) is 5.32 Å². The van der Waals surface area contributed by atoms with Gasteiger partial charge in [0.05, 0.1) is 6.61 Å². The monoisotopic (exact) mass is 283 g/mol. The molecule has 0 bridgehead atoms. The van der Waals surface area contributed by atoms with E-state index in [9.17, 15) is 9.59 Å². The lowest BCUT2D eigenvalue weighted by Crippen LogP contribution is -2.32. The zero-order valence-electron chi connectivity index (χ0n) is 11.6. The summed E-state index contributed by atoms with van der Waals surface area (Å²) in [6.45, 7) is 1.70. The average molecular weight is 283 g/mol. The molecule has 112 valence electrons. The van der Waals surface area contributed by atoms with Crippen LogP contribution < -0.4 is 21.3 Å². The van der Waals surface area contributed by atoms with Crippen molar-refractivity contribution in [2.45, 2.75) is 13.0 Å². The smallest absolute Gasteiger partial charge is 0.292 e. The van der Waals surface area contributed by atoms with Crippen LogP contribution in [0.4, 0.5) is 0 Å². The summed E-state index contributed by atoms with van der Waals surface area (Å²) in [5, 5.41) is 2.61. The van der Waals surface area contributed by atoms with Gasteiger partial charge in [-0.05, 0) is 25.1 Å². The largest absolute Gasteiger partial charge is 0.478 e. The van der Waals surface area contributed by atoms with Crippen LogP contribution in [0.25, 0.3) is 0 Å². The number of rotatable bonds is 9. The highest BCUT2D eigenvalue weighted by atomic mass is 16.5. The Balaban J connectivity index is 2.51. The second kappa shape index (κ2) is 9.11. The molecule has 1 aromatic heterocycles. The van der Waals surface area contributed by atoms with Crippen LogP contribution in [0.15, 0.2) is 23.1 Å². The minimum absolute atomic E-state index is 0.159. The Labute approximate surface area is 117 Å². The summed E-state index contributed by atoms with van der Waals surface area (Å²) < 4.78 is 11.6. The quantitative estimate of drug-likeness (QED) is 0.587. The summed E-state index contributed by atoms with van der Waals surface area (Å²) >= 11 is 0. The predicted octanol–water partition coefficient (Wildman–Crippen LogP) is -0.661. The number of hydrogen-bond acceptors (Lipinski definition) is 5. The molecule has 0 atom stereocenters. The van der Waals surface area contributed by atoms with Gasteiger partial charge in [0.25, 0.3) is 11.5 Å². The van der Waals surface area contributed by atoms with Gasteiger partial charge in [0.15, 0.2) is 12.4 Å². The topological polar surface area (TPSA) is 95.6 Å². The summed E-state index contributed by atoms with van der Waals surface area (Å²) in [5.41, 5.74) is 5.15. The molecule has 0 fully saturated rings. The van der Waals surface area contributed by atoms with E-state index >= 15 is 0 Å². The van der Waals surface area contributed by atoms with Crippen LogP contribution in [-0.2, 0) is 16.1 Å². The molecule has 20 heavy (non-hydrogen) atoms. The van der Waals surface area contributed by atoms with E-state index < -0.39 is 0 Å². The molecule has 0 aliphatic heterocycles. The van der Waals surface area contributed by atoms with Gasteiger partial charge in [-0.3, -0.25) is 9.59 Å². The van der Waals surface area contributed by atoms with Gasteiger partial charge < -0.3 is 25.1 Å². The van der Waals surface area contributed by atoms with Crippen LogP contribution in [0.1, 0.15) is 6.42 Å².